The minimum Gasteiger partial charge on any atom is -0.366 e. The molecular weight excluding hydrogens is 279 g/mol. The van der Waals surface area contributed by atoms with Crippen LogP contribution in [0.4, 0.5) is 4.39 Å². The van der Waals surface area contributed by atoms with Gasteiger partial charge in [-0.1, -0.05) is 12.1 Å². The van der Waals surface area contributed by atoms with Crippen molar-refractivity contribution in [1.29, 1.82) is 0 Å². The number of aliphatic hydroxyl groups excluding tert-OH is 1. The lowest BCUT2D eigenvalue weighted by Gasteiger charge is -2.34. The van der Waals surface area contributed by atoms with Crippen LogP contribution in [0.5, 0.6) is 0 Å². The summed E-state index contributed by atoms with van der Waals surface area (Å²) >= 11 is 0. The third-order valence-corrected chi connectivity index (χ3v) is 3.61. The van der Waals surface area contributed by atoms with Crippen LogP contribution in [0.3, 0.4) is 0 Å². The molecule has 0 bridgehead atoms. The second-order valence-electron chi connectivity index (χ2n) is 5.76. The predicted molar refractivity (Wildman–Crippen MR) is 70.8 cm³/mol. The van der Waals surface area contributed by atoms with E-state index in [2.05, 4.69) is 0 Å². The summed E-state index contributed by atoms with van der Waals surface area (Å²) < 4.78 is 35.4. The molecule has 2 fully saturated rings. The van der Waals surface area contributed by atoms with Crippen LogP contribution in [0.1, 0.15) is 19.4 Å². The molecule has 1 unspecified atom stereocenters. The largest absolute Gasteiger partial charge is 0.366 e. The second-order valence-corrected chi connectivity index (χ2v) is 5.76. The zero-order chi connectivity index (χ0) is 15.0. The van der Waals surface area contributed by atoms with Crippen molar-refractivity contribution in [3.8, 4) is 0 Å². The Kier molecular flexibility index (Phi) is 3.98. The van der Waals surface area contributed by atoms with Crippen molar-refractivity contribution in [2.75, 3.05) is 6.61 Å². The van der Waals surface area contributed by atoms with Crippen LogP contribution in [0.25, 0.3) is 0 Å². The molecule has 3 rings (SSSR count). The third kappa shape index (κ3) is 3.25. The van der Waals surface area contributed by atoms with E-state index in [9.17, 15) is 9.50 Å². The highest BCUT2D eigenvalue weighted by molar-refractivity contribution is 5.15. The third-order valence-electron chi connectivity index (χ3n) is 3.61. The zero-order valence-electron chi connectivity index (χ0n) is 12.0. The molecule has 0 radical (unpaired) electrons. The van der Waals surface area contributed by atoms with Crippen molar-refractivity contribution in [2.24, 2.45) is 0 Å². The maximum atomic E-state index is 12.9. The van der Waals surface area contributed by atoms with Gasteiger partial charge in [-0.05, 0) is 31.5 Å². The monoisotopic (exact) mass is 298 g/mol. The number of fused-ring (bicyclic) bond motifs is 1. The van der Waals surface area contributed by atoms with Crippen LogP contribution in [0.2, 0.25) is 0 Å². The Balaban J connectivity index is 1.66. The predicted octanol–water partition coefficient (Wildman–Crippen LogP) is 1.58. The standard InChI is InChI=1S/C15H19FO5/c1-15(2)20-11-8-19-14(17)13(12(11)21-15)18-7-9-3-5-10(16)6-4-9/h3-6,11-14,17H,7-8H2,1-2H3/t11-,12-,13+,14?/m0/s1. The maximum absolute atomic E-state index is 12.9. The molecule has 2 saturated heterocycles. The molecule has 2 aliphatic rings. The van der Waals surface area contributed by atoms with E-state index in [-0.39, 0.29) is 31.2 Å². The van der Waals surface area contributed by atoms with Gasteiger partial charge in [0, 0.05) is 0 Å². The van der Waals surface area contributed by atoms with E-state index in [1.54, 1.807) is 12.1 Å². The number of benzene rings is 1. The molecule has 4 atom stereocenters. The van der Waals surface area contributed by atoms with Crippen molar-refractivity contribution >= 4 is 0 Å². The van der Waals surface area contributed by atoms with E-state index < -0.39 is 18.2 Å². The first-order chi connectivity index (χ1) is 9.94. The van der Waals surface area contributed by atoms with E-state index in [0.29, 0.717) is 0 Å². The minimum atomic E-state index is -1.07. The van der Waals surface area contributed by atoms with Gasteiger partial charge in [-0.3, -0.25) is 0 Å². The molecule has 5 nitrogen and oxygen atoms in total. The Labute approximate surface area is 122 Å². The molecule has 1 aromatic carbocycles. The van der Waals surface area contributed by atoms with Gasteiger partial charge in [0.05, 0.1) is 13.2 Å². The lowest BCUT2D eigenvalue weighted by atomic mass is 10.1. The highest BCUT2D eigenvalue weighted by atomic mass is 19.1. The van der Waals surface area contributed by atoms with Gasteiger partial charge < -0.3 is 24.1 Å². The fourth-order valence-corrected chi connectivity index (χ4v) is 2.67. The molecular formula is C15H19FO5. The number of halogens is 1. The van der Waals surface area contributed by atoms with E-state index in [1.165, 1.54) is 12.1 Å². The summed E-state index contributed by atoms with van der Waals surface area (Å²) in [5, 5.41) is 9.97. The second kappa shape index (κ2) is 5.62. The van der Waals surface area contributed by atoms with Crippen molar-refractivity contribution in [3.63, 3.8) is 0 Å². The first-order valence-corrected chi connectivity index (χ1v) is 6.96. The van der Waals surface area contributed by atoms with Crippen molar-refractivity contribution in [1.82, 2.24) is 0 Å². The summed E-state index contributed by atoms with van der Waals surface area (Å²) in [7, 11) is 0. The van der Waals surface area contributed by atoms with Crippen LogP contribution < -0.4 is 0 Å². The summed E-state index contributed by atoms with van der Waals surface area (Å²) in [5.74, 6) is -1.02. The maximum Gasteiger partial charge on any atom is 0.183 e. The first kappa shape index (κ1) is 14.9. The smallest absolute Gasteiger partial charge is 0.183 e. The topological polar surface area (TPSA) is 57.2 Å². The summed E-state index contributed by atoms with van der Waals surface area (Å²) in [6.45, 7) is 4.13. The molecule has 6 heteroatoms. The van der Waals surface area contributed by atoms with Gasteiger partial charge in [0.25, 0.3) is 0 Å². The number of rotatable bonds is 3. The van der Waals surface area contributed by atoms with Crippen LogP contribution in [0, 0.1) is 5.82 Å². The molecule has 0 amide bonds. The molecule has 0 aliphatic carbocycles. The molecule has 0 aromatic heterocycles. The summed E-state index contributed by atoms with van der Waals surface area (Å²) in [6.07, 6.45) is -2.36. The van der Waals surface area contributed by atoms with Gasteiger partial charge in [-0.15, -0.1) is 0 Å². The van der Waals surface area contributed by atoms with Crippen molar-refractivity contribution in [2.45, 2.75) is 50.8 Å². The molecule has 1 N–H and O–H groups in total. The van der Waals surface area contributed by atoms with Crippen molar-refractivity contribution in [3.05, 3.63) is 35.6 Å². The van der Waals surface area contributed by atoms with Gasteiger partial charge >= 0.3 is 0 Å². The fourth-order valence-electron chi connectivity index (χ4n) is 2.67. The Bertz CT molecular complexity index is 489. The number of aliphatic hydroxyl groups is 1. The van der Waals surface area contributed by atoms with Gasteiger partial charge in [-0.25, -0.2) is 4.39 Å². The SMILES string of the molecule is CC1(C)O[C@H]2[C@H](COC(O)[C@@H]2OCc2ccc(F)cc2)O1. The Morgan fingerprint density at radius 3 is 2.71 bits per heavy atom. The lowest BCUT2D eigenvalue weighted by Crippen LogP contribution is -2.52. The summed E-state index contributed by atoms with van der Waals surface area (Å²) in [4.78, 5) is 0. The van der Waals surface area contributed by atoms with Crippen LogP contribution >= 0.6 is 0 Å². The molecule has 0 spiro atoms. The summed E-state index contributed by atoms with van der Waals surface area (Å²) in [5.41, 5.74) is 0.809. The highest BCUT2D eigenvalue weighted by Crippen LogP contribution is 2.35. The number of hydrogen-bond acceptors (Lipinski definition) is 5. The highest BCUT2D eigenvalue weighted by Gasteiger charge is 2.51. The Hall–Kier alpha value is -1.05. The Morgan fingerprint density at radius 1 is 1.29 bits per heavy atom. The van der Waals surface area contributed by atoms with Gasteiger partial charge in [0.1, 0.15) is 24.1 Å². The number of hydrogen-bond donors (Lipinski definition) is 1. The lowest BCUT2D eigenvalue weighted by molar-refractivity contribution is -0.247. The normalized spacial score (nSPS) is 34.7. The molecule has 2 heterocycles. The average molecular weight is 298 g/mol. The van der Waals surface area contributed by atoms with E-state index in [4.69, 9.17) is 18.9 Å². The van der Waals surface area contributed by atoms with Crippen LogP contribution in [-0.2, 0) is 25.6 Å². The van der Waals surface area contributed by atoms with E-state index in [0.717, 1.165) is 5.56 Å². The molecule has 2 aliphatic heterocycles. The molecule has 116 valence electrons. The average Bonchev–Trinajstić information content (AvgIpc) is 2.74. The quantitative estimate of drug-likeness (QED) is 0.918. The molecule has 1 aromatic rings. The van der Waals surface area contributed by atoms with E-state index >= 15 is 0 Å². The Morgan fingerprint density at radius 2 is 2.00 bits per heavy atom. The van der Waals surface area contributed by atoms with Crippen LogP contribution in [-0.4, -0.2) is 42.1 Å². The van der Waals surface area contributed by atoms with E-state index in [1.807, 2.05) is 13.8 Å². The fraction of sp³-hybridized carbons (Fsp3) is 0.600. The zero-order valence-corrected chi connectivity index (χ0v) is 12.0. The van der Waals surface area contributed by atoms with Crippen molar-refractivity contribution < 1.29 is 28.4 Å². The van der Waals surface area contributed by atoms with Gasteiger partial charge in [0.15, 0.2) is 12.1 Å². The summed E-state index contributed by atoms with van der Waals surface area (Å²) in [6, 6.07) is 6.01. The van der Waals surface area contributed by atoms with Gasteiger partial charge in [-0.2, -0.15) is 0 Å². The molecule has 21 heavy (non-hydrogen) atoms. The van der Waals surface area contributed by atoms with Gasteiger partial charge in [0.2, 0.25) is 0 Å². The molecule has 0 saturated carbocycles. The minimum absolute atomic E-state index is 0.234. The van der Waals surface area contributed by atoms with Crippen LogP contribution in [0.15, 0.2) is 24.3 Å². The number of ether oxygens (including phenoxy) is 4. The first-order valence-electron chi connectivity index (χ1n) is 6.96.